The molecule has 1 saturated heterocycles. The number of nitrogens with zero attached hydrogens (tertiary/aromatic N) is 2. The minimum atomic E-state index is -0.418. The minimum absolute atomic E-state index is 0.0386. The van der Waals surface area contributed by atoms with Gasteiger partial charge in [-0.3, -0.25) is 9.69 Å². The number of urea groups is 1. The van der Waals surface area contributed by atoms with Crippen LogP contribution < -0.4 is 20.9 Å². The van der Waals surface area contributed by atoms with Crippen molar-refractivity contribution in [2.24, 2.45) is 0 Å². The van der Waals surface area contributed by atoms with Crippen molar-refractivity contribution >= 4 is 55.8 Å². The number of rotatable bonds is 3. The molecule has 3 aliphatic heterocycles. The number of aromatic nitrogens is 1. The highest BCUT2D eigenvalue weighted by Gasteiger charge is 2.47. The van der Waals surface area contributed by atoms with Crippen LogP contribution in [0.15, 0.2) is 47.6 Å². The first-order valence-electron chi connectivity index (χ1n) is 10.4. The first-order valence-corrected chi connectivity index (χ1v) is 12.1. The Kier molecular flexibility index (Phi) is 4.62. The molecule has 3 amide bonds. The van der Waals surface area contributed by atoms with Gasteiger partial charge in [0.25, 0.3) is 0 Å². The molecule has 5 heterocycles. The highest BCUT2D eigenvalue weighted by atomic mass is 32.2. The summed E-state index contributed by atoms with van der Waals surface area (Å²) in [6.45, 7) is 1.78. The summed E-state index contributed by atoms with van der Waals surface area (Å²) >= 11 is 3.02. The summed E-state index contributed by atoms with van der Waals surface area (Å²) in [5.74, 6) is -0.0386. The van der Waals surface area contributed by atoms with Gasteiger partial charge in [0.2, 0.25) is 5.91 Å². The molecule has 2 aromatic heterocycles. The number of piperidine rings is 1. The molecule has 0 radical (unpaired) electrons. The number of pyridine rings is 1. The molecule has 1 fully saturated rings. The molecule has 158 valence electrons. The van der Waals surface area contributed by atoms with Gasteiger partial charge in [-0.2, -0.15) is 0 Å². The molecule has 6 rings (SSSR count). The molecular weight excluding hydrogens is 430 g/mol. The second kappa shape index (κ2) is 7.51. The van der Waals surface area contributed by atoms with Gasteiger partial charge in [-0.05, 0) is 43.0 Å². The lowest BCUT2D eigenvalue weighted by atomic mass is 10.00. The largest absolute Gasteiger partial charge is 0.351 e. The van der Waals surface area contributed by atoms with Crippen LogP contribution in [0.5, 0.6) is 0 Å². The van der Waals surface area contributed by atoms with E-state index >= 15 is 0 Å². The fourth-order valence-electron chi connectivity index (χ4n) is 4.58. The van der Waals surface area contributed by atoms with E-state index in [4.69, 9.17) is 0 Å². The minimum Gasteiger partial charge on any atom is -0.351 e. The number of thioether (sulfide) groups is 1. The number of hydrogen-bond donors (Lipinski definition) is 3. The first-order chi connectivity index (χ1) is 15.2. The lowest BCUT2D eigenvalue weighted by Crippen LogP contribution is -2.52. The maximum absolute atomic E-state index is 13.2. The molecule has 9 heteroatoms. The van der Waals surface area contributed by atoms with Gasteiger partial charge in [0.1, 0.15) is 15.3 Å². The van der Waals surface area contributed by atoms with Crippen molar-refractivity contribution < 1.29 is 9.59 Å². The topological polar surface area (TPSA) is 86.4 Å². The van der Waals surface area contributed by atoms with Crippen LogP contribution in [0.4, 0.5) is 15.5 Å². The fraction of sp³-hybridized carbons (Fsp3) is 0.318. The summed E-state index contributed by atoms with van der Waals surface area (Å²) in [6.07, 6.45) is 3.75. The number of carbonyl (C=O) groups is 2. The Morgan fingerprint density at radius 2 is 2.16 bits per heavy atom. The average molecular weight is 452 g/mol. The molecule has 3 aliphatic rings. The van der Waals surface area contributed by atoms with E-state index in [9.17, 15) is 9.59 Å². The van der Waals surface area contributed by atoms with Crippen molar-refractivity contribution in [1.29, 1.82) is 0 Å². The lowest BCUT2D eigenvalue weighted by Gasteiger charge is -2.33. The number of benzene rings is 1. The van der Waals surface area contributed by atoms with Gasteiger partial charge >= 0.3 is 6.03 Å². The Hall–Kier alpha value is -2.62. The molecule has 7 nitrogen and oxygen atoms in total. The zero-order valence-electron chi connectivity index (χ0n) is 16.6. The second-order valence-corrected chi connectivity index (χ2v) is 10.2. The predicted molar refractivity (Wildman–Crippen MR) is 123 cm³/mol. The summed E-state index contributed by atoms with van der Waals surface area (Å²) in [7, 11) is 0. The summed E-state index contributed by atoms with van der Waals surface area (Å²) in [5.41, 5.74) is 1.75. The van der Waals surface area contributed by atoms with Gasteiger partial charge in [-0.25, -0.2) is 9.78 Å². The zero-order valence-corrected chi connectivity index (χ0v) is 18.3. The van der Waals surface area contributed by atoms with Gasteiger partial charge in [0, 0.05) is 29.0 Å². The molecule has 3 N–H and O–H groups in total. The van der Waals surface area contributed by atoms with E-state index in [1.54, 1.807) is 22.4 Å². The molecule has 2 unspecified atom stereocenters. The van der Waals surface area contributed by atoms with Gasteiger partial charge in [0.05, 0.1) is 11.7 Å². The van der Waals surface area contributed by atoms with E-state index in [-0.39, 0.29) is 24.0 Å². The van der Waals surface area contributed by atoms with E-state index in [1.807, 2.05) is 30.3 Å². The van der Waals surface area contributed by atoms with Crippen molar-refractivity contribution in [2.45, 2.75) is 35.2 Å². The molecule has 0 bridgehead atoms. The van der Waals surface area contributed by atoms with Crippen LogP contribution in [0.25, 0.3) is 10.1 Å². The fourth-order valence-corrected chi connectivity index (χ4v) is 6.89. The van der Waals surface area contributed by atoms with Gasteiger partial charge in [-0.15, -0.1) is 11.3 Å². The average Bonchev–Trinajstić information content (AvgIpc) is 3.37. The van der Waals surface area contributed by atoms with E-state index in [0.717, 1.165) is 57.3 Å². The third-order valence-electron chi connectivity index (χ3n) is 6.04. The molecule has 0 spiro atoms. The van der Waals surface area contributed by atoms with Crippen LogP contribution >= 0.6 is 23.1 Å². The number of nitrogens with one attached hydrogen (secondary N) is 3. The standard InChI is InChI=1S/C22H21N5O2S2/c28-20(25-13-5-3-8-23-11-13)19-18-17-14(7-9-24-21(17)31-19)27(22(29)26-18)16-10-12-4-1-2-6-15(12)30-16/h1-2,4,6-7,9-10,13,18-19,23H,3,5,8,11H2,(H,25,28)(H,26,29)/t13?,18?,19-/m1/s1. The van der Waals surface area contributed by atoms with E-state index < -0.39 is 5.25 Å². The van der Waals surface area contributed by atoms with Gasteiger partial charge < -0.3 is 16.0 Å². The summed E-state index contributed by atoms with van der Waals surface area (Å²) in [4.78, 5) is 32.6. The highest BCUT2D eigenvalue weighted by molar-refractivity contribution is 8.01. The van der Waals surface area contributed by atoms with Crippen LogP contribution in [0.3, 0.4) is 0 Å². The monoisotopic (exact) mass is 451 g/mol. The molecule has 1 aromatic carbocycles. The van der Waals surface area contributed by atoms with E-state index in [1.165, 1.54) is 11.8 Å². The SMILES string of the molecule is O=C(NC1CCCNC1)[C@@H]1Sc2nccc3c2C1NC(=O)N3c1cc2ccccc2s1. The molecular formula is C22H21N5O2S2. The van der Waals surface area contributed by atoms with Crippen molar-refractivity contribution in [2.75, 3.05) is 18.0 Å². The van der Waals surface area contributed by atoms with Gasteiger partial charge in [0.15, 0.2) is 0 Å². The van der Waals surface area contributed by atoms with Crippen LogP contribution in [-0.2, 0) is 4.79 Å². The third kappa shape index (κ3) is 3.19. The lowest BCUT2D eigenvalue weighted by molar-refractivity contribution is -0.121. The van der Waals surface area contributed by atoms with Crippen LogP contribution in [0, 0.1) is 0 Å². The van der Waals surface area contributed by atoms with Crippen LogP contribution in [0.1, 0.15) is 24.4 Å². The van der Waals surface area contributed by atoms with E-state index in [0.29, 0.717) is 0 Å². The molecule has 3 atom stereocenters. The molecule has 0 saturated carbocycles. The number of amides is 3. The van der Waals surface area contributed by atoms with Gasteiger partial charge in [-0.1, -0.05) is 30.0 Å². The number of thiophene rings is 1. The van der Waals surface area contributed by atoms with Crippen molar-refractivity contribution in [3.05, 3.63) is 48.2 Å². The molecule has 3 aromatic rings. The Bertz CT molecular complexity index is 1160. The molecule has 0 aliphatic carbocycles. The smallest absolute Gasteiger partial charge is 0.327 e. The number of hydrogen-bond acceptors (Lipinski definition) is 6. The number of anilines is 2. The summed E-state index contributed by atoms with van der Waals surface area (Å²) < 4.78 is 1.13. The zero-order chi connectivity index (χ0) is 20.9. The van der Waals surface area contributed by atoms with Crippen molar-refractivity contribution in [1.82, 2.24) is 20.9 Å². The Morgan fingerprint density at radius 3 is 3.00 bits per heavy atom. The number of carbonyl (C=O) groups excluding carboxylic acids is 2. The quantitative estimate of drug-likeness (QED) is 0.567. The molecule has 31 heavy (non-hydrogen) atoms. The third-order valence-corrected chi connectivity index (χ3v) is 8.43. The van der Waals surface area contributed by atoms with Crippen LogP contribution in [0.2, 0.25) is 0 Å². The Morgan fingerprint density at radius 1 is 1.26 bits per heavy atom. The Labute approximate surface area is 187 Å². The van der Waals surface area contributed by atoms with E-state index in [2.05, 4.69) is 27.0 Å². The normalized spacial score (nSPS) is 24.7. The Balaban J connectivity index is 1.34. The maximum Gasteiger partial charge on any atom is 0.327 e. The highest BCUT2D eigenvalue weighted by Crippen LogP contribution is 2.51. The summed E-state index contributed by atoms with van der Waals surface area (Å²) in [5, 5.41) is 11.9. The second-order valence-electron chi connectivity index (χ2n) is 8.02. The first kappa shape index (κ1) is 19.1. The number of fused-ring (bicyclic) bond motifs is 1. The van der Waals surface area contributed by atoms with Crippen molar-refractivity contribution in [3.8, 4) is 0 Å². The van der Waals surface area contributed by atoms with Crippen LogP contribution in [-0.4, -0.2) is 41.3 Å². The maximum atomic E-state index is 13.2. The summed E-state index contributed by atoms with van der Waals surface area (Å²) in [6, 6.07) is 11.6. The van der Waals surface area contributed by atoms with Crippen molar-refractivity contribution in [3.63, 3.8) is 0 Å². The predicted octanol–water partition coefficient (Wildman–Crippen LogP) is 3.54.